The van der Waals surface area contributed by atoms with Gasteiger partial charge in [-0.1, -0.05) is 24.7 Å². The standard InChI is InChI=1S/C14H17NO2S/c1-10-9-13(18-12(10)7-4-8-16)14(17)15-11-5-2-3-6-11/h9,11,16H,2-3,5-6,8H2,1H3,(H,15,17). The Balaban J connectivity index is 2.06. The van der Waals surface area contributed by atoms with E-state index in [0.717, 1.165) is 23.3 Å². The molecule has 0 atom stereocenters. The van der Waals surface area contributed by atoms with E-state index in [1.165, 1.54) is 24.2 Å². The molecule has 1 aliphatic carbocycles. The summed E-state index contributed by atoms with van der Waals surface area (Å²) in [5.74, 6) is 5.49. The SMILES string of the molecule is Cc1cc(C(=O)NC2CCCC2)sc1C#CCO. The van der Waals surface area contributed by atoms with Crippen molar-refractivity contribution in [1.82, 2.24) is 5.32 Å². The maximum Gasteiger partial charge on any atom is 0.261 e. The van der Waals surface area contributed by atoms with Gasteiger partial charge in [0.15, 0.2) is 0 Å². The molecule has 2 N–H and O–H groups in total. The van der Waals surface area contributed by atoms with Crippen molar-refractivity contribution in [2.24, 2.45) is 0 Å². The van der Waals surface area contributed by atoms with Crippen LogP contribution in [-0.2, 0) is 0 Å². The van der Waals surface area contributed by atoms with E-state index in [9.17, 15) is 4.79 Å². The number of aliphatic hydroxyl groups is 1. The van der Waals surface area contributed by atoms with E-state index >= 15 is 0 Å². The van der Waals surface area contributed by atoms with Gasteiger partial charge in [0.1, 0.15) is 6.61 Å². The van der Waals surface area contributed by atoms with Gasteiger partial charge < -0.3 is 10.4 Å². The summed E-state index contributed by atoms with van der Waals surface area (Å²) in [7, 11) is 0. The summed E-state index contributed by atoms with van der Waals surface area (Å²) < 4.78 is 0. The predicted octanol–water partition coefficient (Wildman–Crippen LogP) is 2.07. The number of aliphatic hydroxyl groups excluding tert-OH is 1. The number of carbonyl (C=O) groups excluding carboxylic acids is 1. The van der Waals surface area contributed by atoms with Gasteiger partial charge in [0.25, 0.3) is 5.91 Å². The molecule has 1 aliphatic rings. The van der Waals surface area contributed by atoms with Crippen molar-refractivity contribution in [3.05, 3.63) is 21.4 Å². The predicted molar refractivity (Wildman–Crippen MR) is 72.7 cm³/mol. The van der Waals surface area contributed by atoms with Gasteiger partial charge in [-0.05, 0) is 31.4 Å². The Morgan fingerprint density at radius 3 is 2.94 bits per heavy atom. The van der Waals surface area contributed by atoms with E-state index in [4.69, 9.17) is 5.11 Å². The van der Waals surface area contributed by atoms with Gasteiger partial charge in [0, 0.05) is 6.04 Å². The van der Waals surface area contributed by atoms with Crippen LogP contribution in [0.25, 0.3) is 0 Å². The molecule has 4 heteroatoms. The third-order valence-corrected chi connectivity index (χ3v) is 4.26. The Morgan fingerprint density at radius 1 is 1.56 bits per heavy atom. The van der Waals surface area contributed by atoms with Crippen molar-refractivity contribution in [2.75, 3.05) is 6.61 Å². The van der Waals surface area contributed by atoms with Crippen LogP contribution in [0.5, 0.6) is 0 Å². The van der Waals surface area contributed by atoms with Crippen LogP contribution in [0.2, 0.25) is 0 Å². The maximum atomic E-state index is 12.0. The van der Waals surface area contributed by atoms with E-state index in [1.807, 2.05) is 13.0 Å². The summed E-state index contributed by atoms with van der Waals surface area (Å²) >= 11 is 1.39. The highest BCUT2D eigenvalue weighted by Gasteiger charge is 2.19. The Morgan fingerprint density at radius 2 is 2.28 bits per heavy atom. The zero-order valence-corrected chi connectivity index (χ0v) is 11.3. The number of carbonyl (C=O) groups is 1. The smallest absolute Gasteiger partial charge is 0.261 e. The van der Waals surface area contributed by atoms with Crippen molar-refractivity contribution >= 4 is 17.2 Å². The first kappa shape index (κ1) is 13.1. The van der Waals surface area contributed by atoms with Gasteiger partial charge in [0.2, 0.25) is 0 Å². The number of aryl methyl sites for hydroxylation is 1. The third-order valence-electron chi connectivity index (χ3n) is 3.11. The summed E-state index contributed by atoms with van der Waals surface area (Å²) in [5, 5.41) is 11.7. The number of rotatable bonds is 2. The molecule has 1 fully saturated rings. The molecule has 0 saturated heterocycles. The zero-order valence-electron chi connectivity index (χ0n) is 10.5. The maximum absolute atomic E-state index is 12.0. The lowest BCUT2D eigenvalue weighted by Gasteiger charge is -2.10. The van der Waals surface area contributed by atoms with Gasteiger partial charge in [-0.2, -0.15) is 0 Å². The van der Waals surface area contributed by atoms with Crippen LogP contribution in [0.1, 0.15) is 45.8 Å². The molecule has 96 valence electrons. The quantitative estimate of drug-likeness (QED) is 0.803. The Bertz CT molecular complexity index is 490. The fourth-order valence-corrected chi connectivity index (χ4v) is 3.11. The zero-order chi connectivity index (χ0) is 13.0. The first-order valence-corrected chi connectivity index (χ1v) is 7.03. The number of thiophene rings is 1. The lowest BCUT2D eigenvalue weighted by Crippen LogP contribution is -2.31. The first-order chi connectivity index (χ1) is 8.70. The normalized spacial score (nSPS) is 15.2. The molecule has 0 bridgehead atoms. The third kappa shape index (κ3) is 3.12. The average Bonchev–Trinajstić information content (AvgIpc) is 2.96. The molecule has 0 spiro atoms. The second kappa shape index (κ2) is 6.03. The van der Waals surface area contributed by atoms with E-state index < -0.39 is 0 Å². The Kier molecular flexibility index (Phi) is 4.40. The molecule has 1 amide bonds. The molecule has 0 aromatic carbocycles. The van der Waals surface area contributed by atoms with Crippen LogP contribution in [0.4, 0.5) is 0 Å². The minimum atomic E-state index is -0.152. The highest BCUT2D eigenvalue weighted by Crippen LogP contribution is 2.23. The van der Waals surface area contributed by atoms with Crippen molar-refractivity contribution in [3.8, 4) is 11.8 Å². The van der Waals surface area contributed by atoms with Crippen LogP contribution in [0, 0.1) is 18.8 Å². The van der Waals surface area contributed by atoms with Gasteiger partial charge in [-0.3, -0.25) is 4.79 Å². The molecule has 3 nitrogen and oxygen atoms in total. The van der Waals surface area contributed by atoms with Crippen molar-refractivity contribution in [3.63, 3.8) is 0 Å². The molecule has 18 heavy (non-hydrogen) atoms. The number of nitrogens with one attached hydrogen (secondary N) is 1. The Labute approximate surface area is 111 Å². The lowest BCUT2D eigenvalue weighted by atomic mass is 10.2. The van der Waals surface area contributed by atoms with Gasteiger partial charge >= 0.3 is 0 Å². The molecule has 1 heterocycles. The highest BCUT2D eigenvalue weighted by molar-refractivity contribution is 7.14. The minimum absolute atomic E-state index is 0.00653. The average molecular weight is 263 g/mol. The monoisotopic (exact) mass is 263 g/mol. The van der Waals surface area contributed by atoms with Crippen LogP contribution >= 0.6 is 11.3 Å². The van der Waals surface area contributed by atoms with Gasteiger partial charge in [-0.15, -0.1) is 11.3 Å². The largest absolute Gasteiger partial charge is 0.384 e. The van der Waals surface area contributed by atoms with E-state index in [1.54, 1.807) is 0 Å². The molecule has 1 aromatic heterocycles. The molecule has 0 unspecified atom stereocenters. The number of hydrogen-bond donors (Lipinski definition) is 2. The highest BCUT2D eigenvalue weighted by atomic mass is 32.1. The molecular formula is C14H17NO2S. The second-order valence-corrected chi connectivity index (χ2v) is 5.59. The Hall–Kier alpha value is -1.31. The van der Waals surface area contributed by atoms with Crippen LogP contribution in [-0.4, -0.2) is 23.7 Å². The van der Waals surface area contributed by atoms with Crippen LogP contribution < -0.4 is 5.32 Å². The number of amides is 1. The van der Waals surface area contributed by atoms with Crippen molar-refractivity contribution in [2.45, 2.75) is 38.6 Å². The van der Waals surface area contributed by atoms with Crippen molar-refractivity contribution in [1.29, 1.82) is 0 Å². The van der Waals surface area contributed by atoms with Crippen LogP contribution in [0.15, 0.2) is 6.07 Å². The summed E-state index contributed by atoms with van der Waals surface area (Å²) in [5.41, 5.74) is 0.998. The van der Waals surface area contributed by atoms with Gasteiger partial charge in [0.05, 0.1) is 9.75 Å². The molecule has 1 saturated carbocycles. The lowest BCUT2D eigenvalue weighted by molar-refractivity contribution is 0.0942. The van der Waals surface area contributed by atoms with Crippen molar-refractivity contribution < 1.29 is 9.90 Å². The molecule has 0 radical (unpaired) electrons. The van der Waals surface area contributed by atoms with Crippen LogP contribution in [0.3, 0.4) is 0 Å². The molecule has 2 rings (SSSR count). The summed E-state index contributed by atoms with van der Waals surface area (Å²) in [6.45, 7) is 1.78. The number of hydrogen-bond acceptors (Lipinski definition) is 3. The van der Waals surface area contributed by atoms with Gasteiger partial charge in [-0.25, -0.2) is 0 Å². The van der Waals surface area contributed by atoms with E-state index in [-0.39, 0.29) is 12.5 Å². The fourth-order valence-electron chi connectivity index (χ4n) is 2.16. The first-order valence-electron chi connectivity index (χ1n) is 6.21. The van der Waals surface area contributed by atoms with E-state index in [0.29, 0.717) is 10.9 Å². The molecule has 1 aromatic rings. The second-order valence-electron chi connectivity index (χ2n) is 4.54. The summed E-state index contributed by atoms with van der Waals surface area (Å²) in [6, 6.07) is 2.21. The topological polar surface area (TPSA) is 49.3 Å². The minimum Gasteiger partial charge on any atom is -0.384 e. The fraction of sp³-hybridized carbons (Fsp3) is 0.500. The summed E-state index contributed by atoms with van der Waals surface area (Å²) in [6.07, 6.45) is 4.60. The molecular weight excluding hydrogens is 246 g/mol. The van der Waals surface area contributed by atoms with E-state index in [2.05, 4.69) is 17.2 Å². The summed E-state index contributed by atoms with van der Waals surface area (Å²) in [4.78, 5) is 13.6. The molecule has 0 aliphatic heterocycles.